The van der Waals surface area contributed by atoms with E-state index in [1.54, 1.807) is 36.7 Å². The largest absolute Gasteiger partial charge is 0.468 e. The van der Waals surface area contributed by atoms with Crippen molar-refractivity contribution in [2.75, 3.05) is 5.32 Å². The third-order valence-electron chi connectivity index (χ3n) is 5.85. The summed E-state index contributed by atoms with van der Waals surface area (Å²) in [6, 6.07) is 23.0. The molecular weight excluding hydrogens is 460 g/mol. The van der Waals surface area contributed by atoms with E-state index in [4.69, 9.17) is 4.74 Å². The van der Waals surface area contributed by atoms with Gasteiger partial charge in [0.2, 0.25) is 11.8 Å². The van der Waals surface area contributed by atoms with Crippen molar-refractivity contribution in [3.63, 3.8) is 0 Å². The topological polar surface area (TPSA) is 64.1 Å². The molecule has 0 aliphatic heterocycles. The molecule has 0 saturated carbocycles. The lowest BCUT2D eigenvalue weighted by Crippen LogP contribution is -2.15. The Labute approximate surface area is 209 Å². The van der Waals surface area contributed by atoms with Crippen LogP contribution in [0.25, 0.3) is 11.3 Å². The third-order valence-corrected chi connectivity index (χ3v) is 5.85. The monoisotopic (exact) mass is 487 g/mol. The molecule has 1 N–H and O–H groups in total. The SMILES string of the molecule is CCC(F)(F)c1ccc(CC(=O)Nc2ccc(-c3nccnc3OC(C)c3ccccc3)cc2)cc1. The summed E-state index contributed by atoms with van der Waals surface area (Å²) < 4.78 is 33.7. The fourth-order valence-electron chi connectivity index (χ4n) is 3.74. The maximum Gasteiger partial charge on any atom is 0.273 e. The van der Waals surface area contributed by atoms with Crippen molar-refractivity contribution in [2.45, 2.75) is 38.7 Å². The second-order valence-corrected chi connectivity index (χ2v) is 8.44. The molecule has 1 amide bonds. The molecule has 1 unspecified atom stereocenters. The Hall–Kier alpha value is -4.13. The minimum Gasteiger partial charge on any atom is -0.468 e. The number of rotatable bonds is 9. The quantitative estimate of drug-likeness (QED) is 0.277. The molecular formula is C29H27F2N3O2. The molecule has 3 aromatic carbocycles. The number of aromatic nitrogens is 2. The van der Waals surface area contributed by atoms with E-state index in [-0.39, 0.29) is 30.4 Å². The number of nitrogens with zero attached hydrogens (tertiary/aromatic N) is 2. The second-order valence-electron chi connectivity index (χ2n) is 8.44. The fourth-order valence-corrected chi connectivity index (χ4v) is 3.74. The first kappa shape index (κ1) is 25.0. The van der Waals surface area contributed by atoms with E-state index in [0.717, 1.165) is 11.1 Å². The predicted molar refractivity (Wildman–Crippen MR) is 136 cm³/mol. The molecule has 0 aliphatic carbocycles. The molecule has 0 bridgehead atoms. The van der Waals surface area contributed by atoms with E-state index in [2.05, 4.69) is 15.3 Å². The maximum absolute atomic E-state index is 13.8. The van der Waals surface area contributed by atoms with Crippen molar-refractivity contribution in [3.8, 4) is 17.1 Å². The molecule has 4 aromatic rings. The van der Waals surface area contributed by atoms with Crippen LogP contribution in [0.5, 0.6) is 5.88 Å². The van der Waals surface area contributed by atoms with E-state index in [1.807, 2.05) is 49.4 Å². The zero-order chi connectivity index (χ0) is 25.5. The first-order valence-electron chi connectivity index (χ1n) is 11.8. The van der Waals surface area contributed by atoms with E-state index >= 15 is 0 Å². The number of hydrogen-bond donors (Lipinski definition) is 1. The van der Waals surface area contributed by atoms with Crippen LogP contribution in [0.15, 0.2) is 91.3 Å². The molecule has 0 radical (unpaired) electrons. The molecule has 0 saturated heterocycles. The van der Waals surface area contributed by atoms with Gasteiger partial charge in [-0.25, -0.2) is 18.7 Å². The van der Waals surface area contributed by atoms with Gasteiger partial charge in [-0.15, -0.1) is 0 Å². The van der Waals surface area contributed by atoms with Crippen LogP contribution in [0.1, 0.15) is 43.1 Å². The van der Waals surface area contributed by atoms with Crippen molar-refractivity contribution in [1.29, 1.82) is 0 Å². The number of ether oxygens (including phenoxy) is 1. The molecule has 0 spiro atoms. The zero-order valence-corrected chi connectivity index (χ0v) is 20.1. The van der Waals surface area contributed by atoms with Crippen molar-refractivity contribution in [2.24, 2.45) is 0 Å². The molecule has 7 heteroatoms. The molecule has 1 heterocycles. The molecule has 0 fully saturated rings. The lowest BCUT2D eigenvalue weighted by atomic mass is 10.0. The summed E-state index contributed by atoms with van der Waals surface area (Å²) in [6.07, 6.45) is 2.80. The molecule has 36 heavy (non-hydrogen) atoms. The van der Waals surface area contributed by atoms with Gasteiger partial charge in [-0.1, -0.05) is 73.7 Å². The Morgan fingerprint density at radius 1 is 0.944 bits per heavy atom. The Balaban J connectivity index is 1.41. The first-order valence-corrected chi connectivity index (χ1v) is 11.8. The summed E-state index contributed by atoms with van der Waals surface area (Å²) >= 11 is 0. The Bertz CT molecular complexity index is 1290. The Morgan fingerprint density at radius 2 is 1.61 bits per heavy atom. The number of nitrogens with one attached hydrogen (secondary N) is 1. The maximum atomic E-state index is 13.8. The smallest absolute Gasteiger partial charge is 0.273 e. The van der Waals surface area contributed by atoms with Crippen molar-refractivity contribution in [1.82, 2.24) is 9.97 Å². The van der Waals surface area contributed by atoms with E-state index in [1.165, 1.54) is 19.1 Å². The summed E-state index contributed by atoms with van der Waals surface area (Å²) in [5.74, 6) is -2.68. The van der Waals surface area contributed by atoms with Crippen LogP contribution in [-0.4, -0.2) is 15.9 Å². The number of halogens is 2. The van der Waals surface area contributed by atoms with Gasteiger partial charge < -0.3 is 10.1 Å². The number of amides is 1. The highest BCUT2D eigenvalue weighted by Gasteiger charge is 2.28. The Morgan fingerprint density at radius 3 is 2.28 bits per heavy atom. The molecule has 4 rings (SSSR count). The standard InChI is InChI=1S/C29H27F2N3O2/c1-3-29(30,31)24-13-9-21(10-14-24)19-26(35)34-25-15-11-23(12-16-25)27-28(33-18-17-32-27)36-20(2)22-7-5-4-6-8-22/h4-18,20H,3,19H2,1-2H3,(H,34,35). The zero-order valence-electron chi connectivity index (χ0n) is 20.1. The summed E-state index contributed by atoms with van der Waals surface area (Å²) in [7, 11) is 0. The van der Waals surface area contributed by atoms with Gasteiger partial charge in [-0.3, -0.25) is 4.79 Å². The summed E-state index contributed by atoms with van der Waals surface area (Å²) in [6.45, 7) is 3.39. The highest BCUT2D eigenvalue weighted by molar-refractivity contribution is 5.92. The highest BCUT2D eigenvalue weighted by Crippen LogP contribution is 2.32. The van der Waals surface area contributed by atoms with Crippen LogP contribution in [0.3, 0.4) is 0 Å². The van der Waals surface area contributed by atoms with Crippen LogP contribution in [0, 0.1) is 0 Å². The van der Waals surface area contributed by atoms with Crippen molar-refractivity contribution in [3.05, 3.63) is 108 Å². The summed E-state index contributed by atoms with van der Waals surface area (Å²) in [4.78, 5) is 21.3. The van der Waals surface area contributed by atoms with Gasteiger partial charge in [-0.2, -0.15) is 0 Å². The Kier molecular flexibility index (Phi) is 7.68. The molecule has 184 valence electrons. The minimum absolute atomic E-state index is 0.0460. The van der Waals surface area contributed by atoms with E-state index < -0.39 is 5.92 Å². The van der Waals surface area contributed by atoms with Gasteiger partial charge in [0, 0.05) is 35.6 Å². The van der Waals surface area contributed by atoms with Gasteiger partial charge in [0.25, 0.3) is 5.92 Å². The molecule has 1 aromatic heterocycles. The van der Waals surface area contributed by atoms with E-state index in [9.17, 15) is 13.6 Å². The number of carbonyl (C=O) groups excluding carboxylic acids is 1. The van der Waals surface area contributed by atoms with Crippen LogP contribution in [-0.2, 0) is 17.1 Å². The molecule has 1 atom stereocenters. The number of benzene rings is 3. The summed E-state index contributed by atoms with van der Waals surface area (Å²) in [5.41, 5.74) is 3.65. The fraction of sp³-hybridized carbons (Fsp3) is 0.207. The lowest BCUT2D eigenvalue weighted by molar-refractivity contribution is -0.115. The molecule has 0 aliphatic rings. The first-order chi connectivity index (χ1) is 17.4. The van der Waals surface area contributed by atoms with Crippen LogP contribution in [0.4, 0.5) is 14.5 Å². The van der Waals surface area contributed by atoms with E-state index in [0.29, 0.717) is 22.8 Å². The number of anilines is 1. The number of carbonyl (C=O) groups is 1. The van der Waals surface area contributed by atoms with Gasteiger partial charge in [0.1, 0.15) is 11.8 Å². The van der Waals surface area contributed by atoms with Gasteiger partial charge in [0.05, 0.1) is 6.42 Å². The van der Waals surface area contributed by atoms with Crippen molar-refractivity contribution < 1.29 is 18.3 Å². The normalized spacial score (nSPS) is 12.1. The van der Waals surface area contributed by atoms with Crippen molar-refractivity contribution >= 4 is 11.6 Å². The second kappa shape index (κ2) is 11.1. The van der Waals surface area contributed by atoms with Gasteiger partial charge in [0.15, 0.2) is 0 Å². The molecule has 5 nitrogen and oxygen atoms in total. The minimum atomic E-state index is -2.86. The highest BCUT2D eigenvalue weighted by atomic mass is 19.3. The van der Waals surface area contributed by atoms with Crippen LogP contribution >= 0.6 is 0 Å². The average molecular weight is 488 g/mol. The summed E-state index contributed by atoms with van der Waals surface area (Å²) in [5, 5.41) is 2.84. The average Bonchev–Trinajstić information content (AvgIpc) is 2.90. The number of alkyl halides is 2. The van der Waals surface area contributed by atoms with Gasteiger partial charge in [-0.05, 0) is 30.2 Å². The third kappa shape index (κ3) is 6.10. The van der Waals surface area contributed by atoms with Crippen LogP contribution < -0.4 is 10.1 Å². The lowest BCUT2D eigenvalue weighted by Gasteiger charge is -2.16. The van der Waals surface area contributed by atoms with Crippen LogP contribution in [0.2, 0.25) is 0 Å². The van der Waals surface area contributed by atoms with Gasteiger partial charge >= 0.3 is 0 Å². The number of hydrogen-bond acceptors (Lipinski definition) is 4. The predicted octanol–water partition coefficient (Wildman–Crippen LogP) is 6.97.